The first kappa shape index (κ1) is 16.5. The van der Waals surface area contributed by atoms with Crippen molar-refractivity contribution in [2.75, 3.05) is 0 Å². The van der Waals surface area contributed by atoms with Crippen molar-refractivity contribution in [1.82, 2.24) is 20.2 Å². The van der Waals surface area contributed by atoms with E-state index in [0.717, 1.165) is 30.5 Å². The van der Waals surface area contributed by atoms with Crippen LogP contribution in [-0.2, 0) is 16.6 Å². The van der Waals surface area contributed by atoms with E-state index in [-0.39, 0.29) is 11.1 Å². The zero-order valence-corrected chi connectivity index (χ0v) is 14.0. The quantitative estimate of drug-likeness (QED) is 0.745. The summed E-state index contributed by atoms with van der Waals surface area (Å²) in [5.41, 5.74) is 1.52. The normalized spacial score (nSPS) is 23.1. The molecular formula is C14H26N4O2S. The monoisotopic (exact) mass is 314 g/mol. The molecule has 1 aromatic heterocycles. The minimum Gasteiger partial charge on any atom is -0.310 e. The fourth-order valence-corrected chi connectivity index (χ4v) is 4.24. The molecule has 3 N–H and O–H groups in total. The zero-order chi connectivity index (χ0) is 15.6. The van der Waals surface area contributed by atoms with Crippen LogP contribution >= 0.6 is 0 Å². The van der Waals surface area contributed by atoms with Crippen molar-refractivity contribution < 1.29 is 8.42 Å². The molecule has 2 unspecified atom stereocenters. The molecule has 2 atom stereocenters. The molecule has 0 saturated heterocycles. The van der Waals surface area contributed by atoms with Crippen molar-refractivity contribution in [3.63, 3.8) is 0 Å². The Kier molecular flexibility index (Phi) is 5.06. The average Bonchev–Trinajstić information content (AvgIpc) is 2.93. The molecule has 0 radical (unpaired) electrons. The molecule has 1 aliphatic carbocycles. The summed E-state index contributed by atoms with van der Waals surface area (Å²) >= 11 is 0. The van der Waals surface area contributed by atoms with Crippen LogP contribution in [0.25, 0.3) is 0 Å². The highest BCUT2D eigenvalue weighted by Gasteiger charge is 2.30. The minimum absolute atomic E-state index is 0.0351. The summed E-state index contributed by atoms with van der Waals surface area (Å²) in [7, 11) is -3.56. The Morgan fingerprint density at radius 1 is 1.38 bits per heavy atom. The summed E-state index contributed by atoms with van der Waals surface area (Å²) in [6.07, 6.45) is 2.89. The maximum absolute atomic E-state index is 12.6. The average molecular weight is 314 g/mol. The van der Waals surface area contributed by atoms with Crippen LogP contribution in [0.5, 0.6) is 0 Å². The number of aryl methyl sites for hydroxylation is 1. The van der Waals surface area contributed by atoms with Gasteiger partial charge in [-0.15, -0.1) is 0 Å². The minimum atomic E-state index is -3.56. The van der Waals surface area contributed by atoms with Crippen molar-refractivity contribution in [3.8, 4) is 0 Å². The van der Waals surface area contributed by atoms with Crippen LogP contribution < -0.4 is 10.0 Å². The third-order valence-corrected chi connectivity index (χ3v) is 5.48. The maximum atomic E-state index is 12.6. The Bertz CT molecular complexity index is 580. The van der Waals surface area contributed by atoms with Gasteiger partial charge in [0.05, 0.1) is 0 Å². The van der Waals surface area contributed by atoms with Crippen LogP contribution in [0.2, 0.25) is 0 Å². The molecule has 0 aromatic carbocycles. The predicted octanol–water partition coefficient (Wildman–Crippen LogP) is 1.68. The third kappa shape index (κ3) is 4.05. The number of nitrogens with one attached hydrogen (secondary N) is 3. The second-order valence-electron chi connectivity index (χ2n) is 6.40. The standard InChI is InChI=1S/C14H26N4O2S/c1-9(2)15-8-13-11(4)16-17-14(13)21(19,20)18-12-6-5-10(3)7-12/h9-10,12,15,18H,5-8H2,1-4H3,(H,16,17). The summed E-state index contributed by atoms with van der Waals surface area (Å²) in [4.78, 5) is 0. The molecule has 2 rings (SSSR count). The van der Waals surface area contributed by atoms with Gasteiger partial charge in [0.1, 0.15) is 0 Å². The lowest BCUT2D eigenvalue weighted by Crippen LogP contribution is -2.34. The van der Waals surface area contributed by atoms with Gasteiger partial charge in [-0.3, -0.25) is 5.10 Å². The molecule has 0 bridgehead atoms. The number of aromatic nitrogens is 2. The second kappa shape index (κ2) is 6.46. The lowest BCUT2D eigenvalue weighted by Gasteiger charge is -2.13. The Morgan fingerprint density at radius 3 is 2.67 bits per heavy atom. The van der Waals surface area contributed by atoms with Crippen LogP contribution in [0.4, 0.5) is 0 Å². The van der Waals surface area contributed by atoms with Crippen molar-refractivity contribution in [2.24, 2.45) is 5.92 Å². The SMILES string of the molecule is Cc1[nH]nc(S(=O)(=O)NC2CCC(C)C2)c1CNC(C)C. The van der Waals surface area contributed by atoms with E-state index < -0.39 is 10.0 Å². The number of sulfonamides is 1. The summed E-state index contributed by atoms with van der Waals surface area (Å²) in [6, 6.07) is 0.325. The number of aromatic amines is 1. The molecular weight excluding hydrogens is 288 g/mol. The highest BCUT2D eigenvalue weighted by Crippen LogP contribution is 2.26. The highest BCUT2D eigenvalue weighted by atomic mass is 32.2. The van der Waals surface area contributed by atoms with Crippen LogP contribution in [0, 0.1) is 12.8 Å². The van der Waals surface area contributed by atoms with Gasteiger partial charge in [0.25, 0.3) is 10.0 Å². The van der Waals surface area contributed by atoms with Gasteiger partial charge < -0.3 is 5.32 Å². The molecule has 1 saturated carbocycles. The smallest absolute Gasteiger partial charge is 0.260 e. The van der Waals surface area contributed by atoms with Gasteiger partial charge in [-0.25, -0.2) is 13.1 Å². The number of nitrogens with zero attached hydrogens (tertiary/aromatic N) is 1. The molecule has 21 heavy (non-hydrogen) atoms. The largest absolute Gasteiger partial charge is 0.310 e. The first-order chi connectivity index (χ1) is 9.79. The van der Waals surface area contributed by atoms with Gasteiger partial charge in [0.15, 0.2) is 5.03 Å². The number of hydrogen-bond acceptors (Lipinski definition) is 4. The summed E-state index contributed by atoms with van der Waals surface area (Å²) < 4.78 is 27.9. The first-order valence-corrected chi connectivity index (χ1v) is 9.07. The lowest BCUT2D eigenvalue weighted by atomic mass is 10.1. The van der Waals surface area contributed by atoms with E-state index in [0.29, 0.717) is 18.5 Å². The number of H-pyrrole nitrogens is 1. The topological polar surface area (TPSA) is 86.9 Å². The molecule has 0 spiro atoms. The maximum Gasteiger partial charge on any atom is 0.260 e. The lowest BCUT2D eigenvalue weighted by molar-refractivity contribution is 0.532. The van der Waals surface area contributed by atoms with Crippen LogP contribution in [0.1, 0.15) is 51.3 Å². The Labute approximate surface area is 127 Å². The molecule has 7 heteroatoms. The molecule has 0 aliphatic heterocycles. The fraction of sp³-hybridized carbons (Fsp3) is 0.786. The summed E-state index contributed by atoms with van der Waals surface area (Å²) in [5, 5.41) is 10.2. The number of rotatable bonds is 6. The zero-order valence-electron chi connectivity index (χ0n) is 13.2. The van der Waals surface area contributed by atoms with E-state index in [2.05, 4.69) is 27.2 Å². The van der Waals surface area contributed by atoms with Gasteiger partial charge in [-0.2, -0.15) is 5.10 Å². The Hall–Kier alpha value is -0.920. The third-order valence-electron chi connectivity index (χ3n) is 3.99. The van der Waals surface area contributed by atoms with Gasteiger partial charge in [0, 0.05) is 29.9 Å². The second-order valence-corrected chi connectivity index (χ2v) is 8.03. The molecule has 0 amide bonds. The van der Waals surface area contributed by atoms with Crippen molar-refractivity contribution in [2.45, 2.75) is 70.6 Å². The van der Waals surface area contributed by atoms with Gasteiger partial charge in [-0.05, 0) is 32.1 Å². The van der Waals surface area contributed by atoms with Crippen LogP contribution in [-0.4, -0.2) is 30.7 Å². The Morgan fingerprint density at radius 2 is 2.10 bits per heavy atom. The molecule has 1 heterocycles. The van der Waals surface area contributed by atoms with Crippen molar-refractivity contribution >= 4 is 10.0 Å². The van der Waals surface area contributed by atoms with E-state index in [4.69, 9.17) is 0 Å². The van der Waals surface area contributed by atoms with E-state index in [1.54, 1.807) is 0 Å². The fourth-order valence-electron chi connectivity index (χ4n) is 2.76. The molecule has 1 aliphatic rings. The summed E-state index contributed by atoms with van der Waals surface area (Å²) in [5.74, 6) is 0.584. The summed E-state index contributed by atoms with van der Waals surface area (Å²) in [6.45, 7) is 8.56. The van der Waals surface area contributed by atoms with Gasteiger partial charge in [0.2, 0.25) is 0 Å². The van der Waals surface area contributed by atoms with E-state index in [9.17, 15) is 8.42 Å². The van der Waals surface area contributed by atoms with Crippen molar-refractivity contribution in [1.29, 1.82) is 0 Å². The first-order valence-electron chi connectivity index (χ1n) is 7.59. The van der Waals surface area contributed by atoms with Gasteiger partial charge in [-0.1, -0.05) is 20.8 Å². The molecule has 1 aromatic rings. The van der Waals surface area contributed by atoms with E-state index in [1.807, 2.05) is 20.8 Å². The van der Waals surface area contributed by atoms with Crippen LogP contribution in [0.3, 0.4) is 0 Å². The van der Waals surface area contributed by atoms with E-state index in [1.165, 1.54) is 0 Å². The highest BCUT2D eigenvalue weighted by molar-refractivity contribution is 7.89. The molecule has 120 valence electrons. The molecule has 1 fully saturated rings. The van der Waals surface area contributed by atoms with Crippen LogP contribution in [0.15, 0.2) is 5.03 Å². The van der Waals surface area contributed by atoms with Crippen molar-refractivity contribution in [3.05, 3.63) is 11.3 Å². The van der Waals surface area contributed by atoms with Gasteiger partial charge >= 0.3 is 0 Å². The van der Waals surface area contributed by atoms with E-state index >= 15 is 0 Å². The predicted molar refractivity (Wildman–Crippen MR) is 82.4 cm³/mol. The number of hydrogen-bond donors (Lipinski definition) is 3. The molecule has 6 nitrogen and oxygen atoms in total. The Balaban J connectivity index is 2.16.